The van der Waals surface area contributed by atoms with Crippen molar-refractivity contribution in [2.24, 2.45) is 0 Å². The Morgan fingerprint density at radius 1 is 1.18 bits per heavy atom. The first-order valence-corrected chi connectivity index (χ1v) is 7.09. The molecule has 1 heterocycles. The molecule has 0 bridgehead atoms. The lowest BCUT2D eigenvalue weighted by Crippen LogP contribution is -2.08. The van der Waals surface area contributed by atoms with Crippen LogP contribution < -0.4 is 4.74 Å². The van der Waals surface area contributed by atoms with E-state index in [4.69, 9.17) is 9.47 Å². The molecule has 0 aliphatic rings. The van der Waals surface area contributed by atoms with E-state index in [9.17, 15) is 4.79 Å². The van der Waals surface area contributed by atoms with Crippen molar-refractivity contribution in [3.05, 3.63) is 59.9 Å². The van der Waals surface area contributed by atoms with Gasteiger partial charge in [-0.25, -0.2) is 4.79 Å². The first-order valence-electron chi connectivity index (χ1n) is 7.09. The van der Waals surface area contributed by atoms with Crippen LogP contribution in [0.1, 0.15) is 23.0 Å². The quantitative estimate of drug-likeness (QED) is 0.734. The average molecular weight is 296 g/mol. The second-order valence-corrected chi connectivity index (χ2v) is 4.75. The van der Waals surface area contributed by atoms with Gasteiger partial charge in [0.1, 0.15) is 17.9 Å². The molecule has 3 aromatic rings. The van der Waals surface area contributed by atoms with Crippen molar-refractivity contribution in [2.45, 2.75) is 13.5 Å². The first kappa shape index (κ1) is 14.1. The van der Waals surface area contributed by atoms with E-state index >= 15 is 0 Å². The Balaban J connectivity index is 1.80. The summed E-state index contributed by atoms with van der Waals surface area (Å²) in [5, 5.41) is 8.82. The van der Waals surface area contributed by atoms with Gasteiger partial charge < -0.3 is 9.47 Å². The second kappa shape index (κ2) is 6.30. The van der Waals surface area contributed by atoms with Gasteiger partial charge in [-0.2, -0.15) is 5.10 Å². The summed E-state index contributed by atoms with van der Waals surface area (Å²) in [6, 6.07) is 13.9. The highest BCUT2D eigenvalue weighted by molar-refractivity contribution is 5.90. The molecule has 1 N–H and O–H groups in total. The van der Waals surface area contributed by atoms with Crippen LogP contribution >= 0.6 is 0 Å². The van der Waals surface area contributed by atoms with Gasteiger partial charge in [0.2, 0.25) is 0 Å². The van der Waals surface area contributed by atoms with Crippen molar-refractivity contribution in [1.82, 2.24) is 10.2 Å². The van der Waals surface area contributed by atoms with Gasteiger partial charge in [0.25, 0.3) is 0 Å². The molecule has 0 aliphatic heterocycles. The molecule has 0 saturated carbocycles. The third-order valence-corrected chi connectivity index (χ3v) is 3.34. The standard InChI is InChI=1S/C17H16N2O3/c1-2-21-17(20)14-10-18-19-15(14)11-22-16-9-5-7-12-6-3-4-8-13(12)16/h3-10H,2,11H2,1H3,(H,18,19). The number of esters is 1. The number of ether oxygens (including phenoxy) is 2. The van der Waals surface area contributed by atoms with Crippen molar-refractivity contribution in [3.63, 3.8) is 0 Å². The number of nitrogens with one attached hydrogen (secondary N) is 1. The second-order valence-electron chi connectivity index (χ2n) is 4.75. The monoisotopic (exact) mass is 296 g/mol. The highest BCUT2D eigenvalue weighted by Crippen LogP contribution is 2.26. The van der Waals surface area contributed by atoms with Crippen LogP contribution in [0.3, 0.4) is 0 Å². The first-order chi connectivity index (χ1) is 10.8. The van der Waals surface area contributed by atoms with Crippen LogP contribution in [0.25, 0.3) is 10.8 Å². The number of H-pyrrole nitrogens is 1. The average Bonchev–Trinajstić information content (AvgIpc) is 3.01. The van der Waals surface area contributed by atoms with Gasteiger partial charge in [0.15, 0.2) is 0 Å². The minimum Gasteiger partial charge on any atom is -0.487 e. The number of aromatic amines is 1. The van der Waals surface area contributed by atoms with E-state index in [2.05, 4.69) is 10.2 Å². The van der Waals surface area contributed by atoms with Gasteiger partial charge in [-0.3, -0.25) is 5.10 Å². The van der Waals surface area contributed by atoms with Crippen molar-refractivity contribution in [1.29, 1.82) is 0 Å². The third kappa shape index (κ3) is 2.79. The molecule has 0 saturated heterocycles. The lowest BCUT2D eigenvalue weighted by Gasteiger charge is -2.09. The van der Waals surface area contributed by atoms with Crippen LogP contribution in [0, 0.1) is 0 Å². The van der Waals surface area contributed by atoms with Crippen molar-refractivity contribution in [3.8, 4) is 5.75 Å². The number of fused-ring (bicyclic) bond motifs is 1. The fraction of sp³-hybridized carbons (Fsp3) is 0.176. The molecule has 0 atom stereocenters. The molecule has 5 nitrogen and oxygen atoms in total. The summed E-state index contributed by atoms with van der Waals surface area (Å²) >= 11 is 0. The molecule has 1 aromatic heterocycles. The highest BCUT2D eigenvalue weighted by atomic mass is 16.5. The molecule has 22 heavy (non-hydrogen) atoms. The lowest BCUT2D eigenvalue weighted by molar-refractivity contribution is 0.0523. The van der Waals surface area contributed by atoms with Crippen LogP contribution in [0.5, 0.6) is 5.75 Å². The van der Waals surface area contributed by atoms with E-state index in [-0.39, 0.29) is 6.61 Å². The minimum absolute atomic E-state index is 0.224. The molecule has 2 aromatic carbocycles. The Labute approximate surface area is 127 Å². The number of carbonyl (C=O) groups is 1. The van der Waals surface area contributed by atoms with E-state index in [0.29, 0.717) is 17.9 Å². The number of nitrogens with zero attached hydrogens (tertiary/aromatic N) is 1. The SMILES string of the molecule is CCOC(=O)c1cn[nH]c1COc1cccc2ccccc12. The van der Waals surface area contributed by atoms with E-state index in [1.807, 2.05) is 42.5 Å². The number of aromatic nitrogens is 2. The molecule has 5 heteroatoms. The van der Waals surface area contributed by atoms with Crippen LogP contribution in [0.2, 0.25) is 0 Å². The molecule has 0 fully saturated rings. The Morgan fingerprint density at radius 2 is 2.00 bits per heavy atom. The molecule has 0 spiro atoms. The van der Waals surface area contributed by atoms with Crippen LogP contribution in [-0.4, -0.2) is 22.8 Å². The number of hydrogen-bond donors (Lipinski definition) is 1. The molecule has 0 radical (unpaired) electrons. The van der Waals surface area contributed by atoms with Crippen LogP contribution in [-0.2, 0) is 11.3 Å². The van der Waals surface area contributed by atoms with E-state index < -0.39 is 5.97 Å². The number of benzene rings is 2. The molecule has 0 unspecified atom stereocenters. The van der Waals surface area contributed by atoms with Crippen molar-refractivity contribution < 1.29 is 14.3 Å². The maximum Gasteiger partial charge on any atom is 0.341 e. The Morgan fingerprint density at radius 3 is 2.86 bits per heavy atom. The molecular weight excluding hydrogens is 280 g/mol. The minimum atomic E-state index is -0.396. The predicted molar refractivity (Wildman–Crippen MR) is 82.8 cm³/mol. The maximum absolute atomic E-state index is 11.8. The third-order valence-electron chi connectivity index (χ3n) is 3.34. The van der Waals surface area contributed by atoms with Gasteiger partial charge in [0, 0.05) is 5.39 Å². The fourth-order valence-corrected chi connectivity index (χ4v) is 2.28. The van der Waals surface area contributed by atoms with E-state index in [1.54, 1.807) is 6.92 Å². The largest absolute Gasteiger partial charge is 0.487 e. The van der Waals surface area contributed by atoms with Gasteiger partial charge in [0.05, 0.1) is 18.5 Å². The summed E-state index contributed by atoms with van der Waals surface area (Å²) in [5.74, 6) is 0.371. The summed E-state index contributed by atoms with van der Waals surface area (Å²) in [6.07, 6.45) is 1.46. The Bertz CT molecular complexity index is 790. The topological polar surface area (TPSA) is 64.2 Å². The summed E-state index contributed by atoms with van der Waals surface area (Å²) in [6.45, 7) is 2.32. The molecule has 0 aliphatic carbocycles. The van der Waals surface area contributed by atoms with Gasteiger partial charge in [-0.15, -0.1) is 0 Å². The van der Waals surface area contributed by atoms with E-state index in [0.717, 1.165) is 16.5 Å². The zero-order valence-corrected chi connectivity index (χ0v) is 12.2. The normalized spacial score (nSPS) is 10.6. The van der Waals surface area contributed by atoms with Crippen LogP contribution in [0.4, 0.5) is 0 Å². The molecule has 112 valence electrons. The highest BCUT2D eigenvalue weighted by Gasteiger charge is 2.15. The zero-order valence-electron chi connectivity index (χ0n) is 12.2. The van der Waals surface area contributed by atoms with Gasteiger partial charge in [-0.05, 0) is 18.4 Å². The van der Waals surface area contributed by atoms with Crippen molar-refractivity contribution >= 4 is 16.7 Å². The Kier molecular flexibility index (Phi) is 4.05. The van der Waals surface area contributed by atoms with Gasteiger partial charge >= 0.3 is 5.97 Å². The lowest BCUT2D eigenvalue weighted by atomic mass is 10.1. The number of hydrogen-bond acceptors (Lipinski definition) is 4. The Hall–Kier alpha value is -2.82. The fourth-order valence-electron chi connectivity index (χ4n) is 2.28. The van der Waals surface area contributed by atoms with Crippen molar-refractivity contribution in [2.75, 3.05) is 6.61 Å². The number of carbonyl (C=O) groups excluding carboxylic acids is 1. The summed E-state index contributed by atoms with van der Waals surface area (Å²) in [5.41, 5.74) is 1.01. The predicted octanol–water partition coefficient (Wildman–Crippen LogP) is 3.32. The maximum atomic E-state index is 11.8. The number of rotatable bonds is 5. The van der Waals surface area contributed by atoms with E-state index in [1.165, 1.54) is 6.20 Å². The smallest absolute Gasteiger partial charge is 0.341 e. The molecular formula is C17H16N2O3. The molecule has 3 rings (SSSR count). The van der Waals surface area contributed by atoms with Crippen LogP contribution in [0.15, 0.2) is 48.7 Å². The summed E-state index contributed by atoms with van der Waals surface area (Å²) < 4.78 is 10.8. The summed E-state index contributed by atoms with van der Waals surface area (Å²) in [7, 11) is 0. The summed E-state index contributed by atoms with van der Waals surface area (Å²) in [4.78, 5) is 11.8. The van der Waals surface area contributed by atoms with Gasteiger partial charge in [-0.1, -0.05) is 36.4 Å². The molecule has 0 amide bonds. The zero-order chi connectivity index (χ0) is 15.4.